The van der Waals surface area contributed by atoms with E-state index in [0.717, 1.165) is 43.0 Å². The van der Waals surface area contributed by atoms with E-state index in [-0.39, 0.29) is 11.9 Å². The number of aryl methyl sites for hydroxylation is 2. The molecular weight excluding hydrogens is 343 g/mol. The lowest BCUT2D eigenvalue weighted by atomic mass is 9.86. The molecule has 0 N–H and O–H groups in total. The van der Waals surface area contributed by atoms with Gasteiger partial charge in [-0.2, -0.15) is 0 Å². The fraction of sp³-hybridized carbons (Fsp3) is 0.381. The second kappa shape index (κ2) is 7.47. The van der Waals surface area contributed by atoms with Gasteiger partial charge >= 0.3 is 0 Å². The minimum absolute atomic E-state index is 0.182. The number of nitrogens with zero attached hydrogens (tertiary/aromatic N) is 4. The molecule has 2 aromatic heterocycles. The summed E-state index contributed by atoms with van der Waals surface area (Å²) in [7, 11) is 0. The maximum Gasteiger partial charge on any atom is 0.213 e. The van der Waals surface area contributed by atoms with Gasteiger partial charge in [-0.1, -0.05) is 6.07 Å². The van der Waals surface area contributed by atoms with Crippen LogP contribution in [0.2, 0.25) is 0 Å². The Kier molecular flexibility index (Phi) is 4.88. The van der Waals surface area contributed by atoms with Crippen molar-refractivity contribution in [1.82, 2.24) is 19.7 Å². The first kappa shape index (κ1) is 17.6. The molecule has 1 fully saturated rings. The third-order valence-electron chi connectivity index (χ3n) is 5.21. The maximum atomic E-state index is 13.7. The number of hydrogen-bond donors (Lipinski definition) is 0. The zero-order valence-electron chi connectivity index (χ0n) is 15.6. The predicted octanol–water partition coefficient (Wildman–Crippen LogP) is 4.52. The molecule has 0 spiro atoms. The summed E-state index contributed by atoms with van der Waals surface area (Å²) < 4.78 is 21.7. The highest BCUT2D eigenvalue weighted by Crippen LogP contribution is 2.35. The molecule has 1 saturated carbocycles. The number of aromatic nitrogens is 4. The standard InChI is InChI=1S/C21H23FN4O/c1-14-13-17(8-11-19(14)22)26-15(2)24-25-21(26)16-6-9-18(10-7-16)27-20-5-3-4-12-23-20/h3-5,8,11-13,16,18H,6-7,9-10H2,1-2H3/t16-,18-. The molecule has 1 aliphatic rings. The van der Waals surface area contributed by atoms with Crippen LogP contribution >= 0.6 is 0 Å². The lowest BCUT2D eigenvalue weighted by Crippen LogP contribution is -2.25. The summed E-state index contributed by atoms with van der Waals surface area (Å²) in [5.41, 5.74) is 1.54. The second-order valence-electron chi connectivity index (χ2n) is 7.13. The predicted molar refractivity (Wildman–Crippen MR) is 101 cm³/mol. The largest absolute Gasteiger partial charge is 0.474 e. The molecule has 5 nitrogen and oxygen atoms in total. The zero-order valence-corrected chi connectivity index (χ0v) is 15.6. The van der Waals surface area contributed by atoms with Gasteiger partial charge in [-0.25, -0.2) is 9.37 Å². The Bertz CT molecular complexity index is 917. The average Bonchev–Trinajstić information content (AvgIpc) is 3.07. The van der Waals surface area contributed by atoms with Crippen LogP contribution in [0.4, 0.5) is 4.39 Å². The SMILES string of the molecule is Cc1cc(-n2c(C)nnc2[C@H]2CC[C@H](Oc3ccccn3)CC2)ccc1F. The van der Waals surface area contributed by atoms with Gasteiger partial charge in [0.15, 0.2) is 0 Å². The van der Waals surface area contributed by atoms with E-state index in [0.29, 0.717) is 17.4 Å². The van der Waals surface area contributed by atoms with Crippen LogP contribution in [0.25, 0.3) is 5.69 Å². The number of rotatable bonds is 4. The number of halogens is 1. The third kappa shape index (κ3) is 3.70. The summed E-state index contributed by atoms with van der Waals surface area (Å²) in [4.78, 5) is 4.24. The molecule has 0 atom stereocenters. The fourth-order valence-corrected chi connectivity index (χ4v) is 3.76. The Hall–Kier alpha value is -2.76. The molecule has 0 bridgehead atoms. The maximum absolute atomic E-state index is 13.7. The first-order valence-electron chi connectivity index (χ1n) is 9.38. The van der Waals surface area contributed by atoms with Crippen LogP contribution in [0.15, 0.2) is 42.6 Å². The van der Waals surface area contributed by atoms with E-state index in [9.17, 15) is 4.39 Å². The van der Waals surface area contributed by atoms with Crippen LogP contribution in [-0.4, -0.2) is 25.9 Å². The fourth-order valence-electron chi connectivity index (χ4n) is 3.76. The lowest BCUT2D eigenvalue weighted by molar-refractivity contribution is 0.139. The van der Waals surface area contributed by atoms with E-state index in [1.54, 1.807) is 19.2 Å². The van der Waals surface area contributed by atoms with Crippen LogP contribution in [0.1, 0.15) is 48.8 Å². The summed E-state index contributed by atoms with van der Waals surface area (Å²) in [6.45, 7) is 3.71. The lowest BCUT2D eigenvalue weighted by Gasteiger charge is -2.28. The minimum atomic E-state index is -0.196. The van der Waals surface area contributed by atoms with Gasteiger partial charge in [0.1, 0.15) is 23.6 Å². The first-order valence-corrected chi connectivity index (χ1v) is 9.38. The van der Waals surface area contributed by atoms with Crippen molar-refractivity contribution in [3.05, 3.63) is 65.6 Å². The number of benzene rings is 1. The van der Waals surface area contributed by atoms with Gasteiger partial charge in [0.2, 0.25) is 5.88 Å². The second-order valence-corrected chi connectivity index (χ2v) is 7.13. The highest BCUT2D eigenvalue weighted by molar-refractivity contribution is 5.38. The Morgan fingerprint density at radius 2 is 1.85 bits per heavy atom. The molecule has 27 heavy (non-hydrogen) atoms. The van der Waals surface area contributed by atoms with Gasteiger partial charge in [0.25, 0.3) is 0 Å². The van der Waals surface area contributed by atoms with Crippen LogP contribution in [0.3, 0.4) is 0 Å². The van der Waals surface area contributed by atoms with Crippen molar-refractivity contribution < 1.29 is 9.13 Å². The molecule has 2 heterocycles. The quantitative estimate of drug-likeness (QED) is 0.681. The Balaban J connectivity index is 1.50. The molecule has 0 unspecified atom stereocenters. The molecule has 3 aromatic rings. The highest BCUT2D eigenvalue weighted by Gasteiger charge is 2.28. The van der Waals surface area contributed by atoms with Gasteiger partial charge in [0, 0.05) is 23.9 Å². The summed E-state index contributed by atoms with van der Waals surface area (Å²) >= 11 is 0. The summed E-state index contributed by atoms with van der Waals surface area (Å²) in [6, 6.07) is 10.9. The number of hydrogen-bond acceptors (Lipinski definition) is 4. The van der Waals surface area contributed by atoms with Crippen molar-refractivity contribution in [1.29, 1.82) is 0 Å². The van der Waals surface area contributed by atoms with Crippen molar-refractivity contribution in [2.24, 2.45) is 0 Å². The highest BCUT2D eigenvalue weighted by atomic mass is 19.1. The van der Waals surface area contributed by atoms with Crippen LogP contribution in [0.5, 0.6) is 5.88 Å². The van der Waals surface area contributed by atoms with Crippen molar-refractivity contribution in [3.8, 4) is 11.6 Å². The first-order chi connectivity index (χ1) is 13.1. The van der Waals surface area contributed by atoms with Crippen molar-refractivity contribution in [2.75, 3.05) is 0 Å². The van der Waals surface area contributed by atoms with Gasteiger partial charge in [0.05, 0.1) is 0 Å². The van der Waals surface area contributed by atoms with E-state index in [1.165, 1.54) is 6.07 Å². The Morgan fingerprint density at radius 3 is 2.56 bits per heavy atom. The number of ether oxygens (including phenoxy) is 1. The summed E-state index contributed by atoms with van der Waals surface area (Å²) in [6.07, 6.45) is 5.80. The summed E-state index contributed by atoms with van der Waals surface area (Å²) in [5, 5.41) is 8.73. The zero-order chi connectivity index (χ0) is 18.8. The van der Waals surface area contributed by atoms with Crippen LogP contribution < -0.4 is 4.74 Å². The number of pyridine rings is 1. The molecule has 1 aliphatic carbocycles. The van der Waals surface area contributed by atoms with Gasteiger partial charge < -0.3 is 4.74 Å². The molecule has 0 amide bonds. The van der Waals surface area contributed by atoms with Crippen LogP contribution in [-0.2, 0) is 0 Å². The van der Waals surface area contributed by atoms with E-state index in [4.69, 9.17) is 4.74 Å². The Labute approximate surface area is 158 Å². The average molecular weight is 366 g/mol. The van der Waals surface area contributed by atoms with Gasteiger partial charge in [-0.15, -0.1) is 10.2 Å². The smallest absolute Gasteiger partial charge is 0.213 e. The van der Waals surface area contributed by atoms with Gasteiger partial charge in [-0.3, -0.25) is 4.57 Å². The normalized spacial score (nSPS) is 19.8. The topological polar surface area (TPSA) is 52.8 Å². The van der Waals surface area contributed by atoms with Gasteiger partial charge in [-0.05, 0) is 69.4 Å². The van der Waals surface area contributed by atoms with E-state index < -0.39 is 0 Å². The van der Waals surface area contributed by atoms with Crippen molar-refractivity contribution >= 4 is 0 Å². The van der Waals surface area contributed by atoms with E-state index in [1.807, 2.05) is 31.2 Å². The Morgan fingerprint density at radius 1 is 1.04 bits per heavy atom. The molecule has 1 aromatic carbocycles. The van der Waals surface area contributed by atoms with Crippen molar-refractivity contribution in [3.63, 3.8) is 0 Å². The third-order valence-corrected chi connectivity index (χ3v) is 5.21. The molecule has 0 saturated heterocycles. The molecule has 0 aliphatic heterocycles. The molecule has 140 valence electrons. The minimum Gasteiger partial charge on any atom is -0.474 e. The summed E-state index contributed by atoms with van der Waals surface area (Å²) in [5.74, 6) is 2.58. The van der Waals surface area contributed by atoms with E-state index >= 15 is 0 Å². The molecule has 4 rings (SSSR count). The van der Waals surface area contributed by atoms with Crippen LogP contribution in [0, 0.1) is 19.7 Å². The monoisotopic (exact) mass is 366 g/mol. The van der Waals surface area contributed by atoms with Crippen molar-refractivity contribution in [2.45, 2.75) is 51.6 Å². The van der Waals surface area contributed by atoms with E-state index in [2.05, 4.69) is 19.7 Å². The molecule has 6 heteroatoms. The molecular formula is C21H23FN4O. The molecule has 0 radical (unpaired) electrons.